The van der Waals surface area contributed by atoms with Gasteiger partial charge in [0.25, 0.3) is 11.8 Å². The Balaban J connectivity index is 2.21. The van der Waals surface area contributed by atoms with E-state index in [9.17, 15) is 9.59 Å². The molecule has 0 atom stereocenters. The zero-order valence-corrected chi connectivity index (χ0v) is 11.5. The first kappa shape index (κ1) is 14.4. The quantitative estimate of drug-likeness (QED) is 0.639. The fraction of sp³-hybridized carbons (Fsp3) is 0.0667. The van der Waals surface area contributed by atoms with Crippen LogP contribution in [0.3, 0.4) is 0 Å². The van der Waals surface area contributed by atoms with E-state index in [1.807, 2.05) is 0 Å². The van der Waals surface area contributed by atoms with Gasteiger partial charge in [-0.25, -0.2) is 0 Å². The SMILES string of the molecule is CNC(=O)c1cccc(NC(=O)c2cc(N)cc(N)c2)c1. The third kappa shape index (κ3) is 3.50. The number of nitrogen functional groups attached to an aromatic ring is 2. The van der Waals surface area contributed by atoms with Gasteiger partial charge in [-0.2, -0.15) is 0 Å². The maximum atomic E-state index is 12.1. The Morgan fingerprint density at radius 3 is 2.19 bits per heavy atom. The van der Waals surface area contributed by atoms with E-state index in [4.69, 9.17) is 11.5 Å². The summed E-state index contributed by atoms with van der Waals surface area (Å²) in [6, 6.07) is 11.3. The van der Waals surface area contributed by atoms with Gasteiger partial charge in [0.05, 0.1) is 0 Å². The Labute approximate surface area is 122 Å². The van der Waals surface area contributed by atoms with Gasteiger partial charge in [0.1, 0.15) is 0 Å². The van der Waals surface area contributed by atoms with Crippen LogP contribution in [0.1, 0.15) is 20.7 Å². The highest BCUT2D eigenvalue weighted by Crippen LogP contribution is 2.16. The predicted molar refractivity (Wildman–Crippen MR) is 83.1 cm³/mol. The van der Waals surface area contributed by atoms with Gasteiger partial charge < -0.3 is 22.1 Å². The number of benzene rings is 2. The zero-order chi connectivity index (χ0) is 15.4. The van der Waals surface area contributed by atoms with Crippen molar-refractivity contribution in [1.82, 2.24) is 5.32 Å². The second kappa shape index (κ2) is 5.96. The summed E-state index contributed by atoms with van der Waals surface area (Å²) in [6.07, 6.45) is 0. The lowest BCUT2D eigenvalue weighted by atomic mass is 10.1. The van der Waals surface area contributed by atoms with Gasteiger partial charge in [-0.05, 0) is 36.4 Å². The molecule has 0 fully saturated rings. The van der Waals surface area contributed by atoms with Crippen molar-refractivity contribution in [3.05, 3.63) is 53.6 Å². The molecule has 0 aromatic heterocycles. The maximum absolute atomic E-state index is 12.1. The maximum Gasteiger partial charge on any atom is 0.255 e. The Morgan fingerprint density at radius 2 is 1.57 bits per heavy atom. The molecule has 0 unspecified atom stereocenters. The lowest BCUT2D eigenvalue weighted by molar-refractivity contribution is 0.0961. The molecule has 6 N–H and O–H groups in total. The number of nitrogens with two attached hydrogens (primary N) is 2. The molecule has 21 heavy (non-hydrogen) atoms. The molecule has 2 aromatic carbocycles. The normalized spacial score (nSPS) is 9.95. The molecule has 0 radical (unpaired) electrons. The highest BCUT2D eigenvalue weighted by molar-refractivity contribution is 6.06. The third-order valence-corrected chi connectivity index (χ3v) is 2.85. The first-order valence-corrected chi connectivity index (χ1v) is 6.29. The van der Waals surface area contributed by atoms with Gasteiger partial charge in [-0.1, -0.05) is 6.07 Å². The molecule has 108 valence electrons. The number of hydrogen-bond donors (Lipinski definition) is 4. The van der Waals surface area contributed by atoms with Crippen molar-refractivity contribution in [3.63, 3.8) is 0 Å². The Morgan fingerprint density at radius 1 is 0.905 bits per heavy atom. The molecule has 0 aliphatic carbocycles. The van der Waals surface area contributed by atoms with Gasteiger partial charge >= 0.3 is 0 Å². The van der Waals surface area contributed by atoms with Crippen LogP contribution in [-0.4, -0.2) is 18.9 Å². The number of anilines is 3. The van der Waals surface area contributed by atoms with Crippen LogP contribution in [0.15, 0.2) is 42.5 Å². The lowest BCUT2D eigenvalue weighted by Crippen LogP contribution is -2.18. The first-order chi connectivity index (χ1) is 9.99. The number of amides is 2. The fourth-order valence-electron chi connectivity index (χ4n) is 1.89. The molecule has 6 heteroatoms. The fourth-order valence-corrected chi connectivity index (χ4v) is 1.89. The third-order valence-electron chi connectivity index (χ3n) is 2.85. The van der Waals surface area contributed by atoms with Gasteiger partial charge in [-0.3, -0.25) is 9.59 Å². The highest BCUT2D eigenvalue weighted by Gasteiger charge is 2.09. The van der Waals surface area contributed by atoms with Crippen LogP contribution in [-0.2, 0) is 0 Å². The van der Waals surface area contributed by atoms with Gasteiger partial charge in [0.2, 0.25) is 0 Å². The van der Waals surface area contributed by atoms with Crippen molar-refractivity contribution in [2.75, 3.05) is 23.8 Å². The van der Waals surface area contributed by atoms with E-state index in [1.54, 1.807) is 37.4 Å². The van der Waals surface area contributed by atoms with E-state index in [2.05, 4.69) is 10.6 Å². The minimum atomic E-state index is -0.344. The second-order valence-corrected chi connectivity index (χ2v) is 4.50. The molecule has 0 heterocycles. The van der Waals surface area contributed by atoms with Crippen molar-refractivity contribution < 1.29 is 9.59 Å². The zero-order valence-electron chi connectivity index (χ0n) is 11.5. The first-order valence-electron chi connectivity index (χ1n) is 6.29. The Bertz CT molecular complexity index is 678. The molecule has 0 aliphatic rings. The second-order valence-electron chi connectivity index (χ2n) is 4.50. The molecule has 0 aliphatic heterocycles. The topological polar surface area (TPSA) is 110 Å². The van der Waals surface area contributed by atoms with Crippen molar-refractivity contribution >= 4 is 28.9 Å². The summed E-state index contributed by atoms with van der Waals surface area (Å²) in [6.45, 7) is 0. The van der Waals surface area contributed by atoms with Crippen LogP contribution >= 0.6 is 0 Å². The van der Waals surface area contributed by atoms with Crippen LogP contribution in [0.4, 0.5) is 17.1 Å². The summed E-state index contributed by atoms with van der Waals surface area (Å²) in [5.41, 5.74) is 13.5. The van der Waals surface area contributed by atoms with Crippen LogP contribution < -0.4 is 22.1 Å². The van der Waals surface area contributed by atoms with Crippen molar-refractivity contribution in [2.24, 2.45) is 0 Å². The molecule has 0 bridgehead atoms. The summed E-state index contributed by atoms with van der Waals surface area (Å²) in [5.74, 6) is -0.567. The standard InChI is InChI=1S/C15H16N4O2/c1-18-14(20)9-3-2-4-13(7-9)19-15(21)10-5-11(16)8-12(17)6-10/h2-8H,16-17H2,1H3,(H,18,20)(H,19,21). The average Bonchev–Trinajstić information content (AvgIpc) is 2.45. The minimum absolute atomic E-state index is 0.223. The molecule has 2 aromatic rings. The van der Waals surface area contributed by atoms with Crippen LogP contribution in [0.25, 0.3) is 0 Å². The number of carbonyl (C=O) groups is 2. The number of carbonyl (C=O) groups excluding carboxylic acids is 2. The molecule has 6 nitrogen and oxygen atoms in total. The minimum Gasteiger partial charge on any atom is -0.399 e. The smallest absolute Gasteiger partial charge is 0.255 e. The van der Waals surface area contributed by atoms with Gasteiger partial charge in [0.15, 0.2) is 0 Å². The van der Waals surface area contributed by atoms with Crippen LogP contribution in [0.5, 0.6) is 0 Å². The average molecular weight is 284 g/mol. The van der Waals surface area contributed by atoms with Crippen LogP contribution in [0, 0.1) is 0 Å². The summed E-state index contributed by atoms with van der Waals surface area (Å²) in [5, 5.41) is 5.23. The van der Waals surface area contributed by atoms with Gasteiger partial charge in [0, 0.05) is 35.2 Å². The largest absolute Gasteiger partial charge is 0.399 e. The molecule has 2 rings (SSSR count). The van der Waals surface area contributed by atoms with Crippen molar-refractivity contribution in [1.29, 1.82) is 0 Å². The monoisotopic (exact) mass is 284 g/mol. The molecule has 0 saturated heterocycles. The molecule has 2 amide bonds. The Kier molecular flexibility index (Phi) is 4.08. The molecular formula is C15H16N4O2. The van der Waals surface area contributed by atoms with E-state index in [1.165, 1.54) is 12.1 Å². The summed E-state index contributed by atoms with van der Waals surface area (Å²) in [7, 11) is 1.54. The van der Waals surface area contributed by atoms with Crippen LogP contribution in [0.2, 0.25) is 0 Å². The number of nitrogens with one attached hydrogen (secondary N) is 2. The van der Waals surface area contributed by atoms with E-state index < -0.39 is 0 Å². The van der Waals surface area contributed by atoms with E-state index in [-0.39, 0.29) is 11.8 Å². The number of hydrogen-bond acceptors (Lipinski definition) is 4. The predicted octanol–water partition coefficient (Wildman–Crippen LogP) is 1.46. The van der Waals surface area contributed by atoms with Crippen molar-refractivity contribution in [3.8, 4) is 0 Å². The summed E-state index contributed by atoms with van der Waals surface area (Å²) in [4.78, 5) is 23.7. The lowest BCUT2D eigenvalue weighted by Gasteiger charge is -2.08. The summed E-state index contributed by atoms with van der Waals surface area (Å²) >= 11 is 0. The highest BCUT2D eigenvalue weighted by atomic mass is 16.2. The Hall–Kier alpha value is -3.02. The van der Waals surface area contributed by atoms with Gasteiger partial charge in [-0.15, -0.1) is 0 Å². The molecule has 0 spiro atoms. The summed E-state index contributed by atoms with van der Waals surface area (Å²) < 4.78 is 0. The van der Waals surface area contributed by atoms with E-state index >= 15 is 0 Å². The number of rotatable bonds is 3. The van der Waals surface area contributed by atoms with E-state index in [0.29, 0.717) is 28.2 Å². The molecular weight excluding hydrogens is 268 g/mol. The molecule has 0 saturated carbocycles. The van der Waals surface area contributed by atoms with E-state index in [0.717, 1.165) is 0 Å². The van der Waals surface area contributed by atoms with Crippen molar-refractivity contribution in [2.45, 2.75) is 0 Å².